The SMILES string of the molecule is CCC(C)NC(=O)C(Cc1ccccc1)N(Cc1ccc(F)cc1)C(=O)CN(c1ccccc1Cl)S(=O)(=O)c1ccccc1. The molecular formula is C34H35ClFN3O4S. The molecular weight excluding hydrogens is 601 g/mol. The Bertz CT molecular complexity index is 1660. The molecule has 4 aromatic carbocycles. The van der Waals surface area contributed by atoms with E-state index < -0.39 is 34.3 Å². The Hall–Kier alpha value is -4.21. The molecule has 0 saturated heterocycles. The lowest BCUT2D eigenvalue weighted by atomic mass is 10.0. The number of carbonyl (C=O) groups excluding carboxylic acids is 2. The molecule has 0 fully saturated rings. The normalized spacial score (nSPS) is 12.6. The number of nitrogens with zero attached hydrogens (tertiary/aromatic N) is 2. The lowest BCUT2D eigenvalue weighted by molar-refractivity contribution is -0.140. The molecule has 44 heavy (non-hydrogen) atoms. The first-order valence-corrected chi connectivity index (χ1v) is 16.1. The predicted octanol–water partition coefficient (Wildman–Crippen LogP) is 6.23. The van der Waals surface area contributed by atoms with Gasteiger partial charge < -0.3 is 10.2 Å². The fourth-order valence-electron chi connectivity index (χ4n) is 4.67. The standard InChI is InChI=1S/C34H35ClFN3O4S/c1-3-25(2)37-34(41)32(22-26-12-6-4-7-13-26)38(23-27-18-20-28(36)21-19-27)33(40)24-39(31-17-11-10-16-30(31)35)44(42,43)29-14-8-5-9-15-29/h4-21,25,32H,3,22-24H2,1-2H3,(H,37,41). The lowest BCUT2D eigenvalue weighted by Crippen LogP contribution is -2.54. The van der Waals surface area contributed by atoms with Crippen molar-refractivity contribution >= 4 is 39.1 Å². The van der Waals surface area contributed by atoms with E-state index in [1.54, 1.807) is 36.4 Å². The summed E-state index contributed by atoms with van der Waals surface area (Å²) in [7, 11) is -4.26. The second-order valence-electron chi connectivity index (χ2n) is 10.4. The molecule has 0 aromatic heterocycles. The number of benzene rings is 4. The van der Waals surface area contributed by atoms with Crippen LogP contribution in [0.5, 0.6) is 0 Å². The van der Waals surface area contributed by atoms with E-state index in [1.807, 2.05) is 44.2 Å². The first-order valence-electron chi connectivity index (χ1n) is 14.3. The molecule has 2 amide bonds. The largest absolute Gasteiger partial charge is 0.352 e. The number of hydrogen-bond donors (Lipinski definition) is 1. The van der Waals surface area contributed by atoms with Crippen LogP contribution in [-0.4, -0.2) is 43.8 Å². The summed E-state index contributed by atoms with van der Waals surface area (Å²) in [5, 5.41) is 3.12. The van der Waals surface area contributed by atoms with Crippen LogP contribution in [0.3, 0.4) is 0 Å². The molecule has 10 heteroatoms. The molecule has 2 atom stereocenters. The zero-order chi connectivity index (χ0) is 31.7. The monoisotopic (exact) mass is 635 g/mol. The fourth-order valence-corrected chi connectivity index (χ4v) is 6.41. The maximum absolute atomic E-state index is 14.4. The van der Waals surface area contributed by atoms with Crippen molar-refractivity contribution < 1.29 is 22.4 Å². The highest BCUT2D eigenvalue weighted by Gasteiger charge is 2.35. The van der Waals surface area contributed by atoms with Crippen LogP contribution < -0.4 is 9.62 Å². The highest BCUT2D eigenvalue weighted by Crippen LogP contribution is 2.31. The summed E-state index contributed by atoms with van der Waals surface area (Å²) < 4.78 is 42.8. The number of halogens is 2. The van der Waals surface area contributed by atoms with Crippen LogP contribution in [0.2, 0.25) is 5.02 Å². The van der Waals surface area contributed by atoms with Crippen molar-refractivity contribution in [2.75, 3.05) is 10.8 Å². The number of para-hydroxylation sites is 1. The van der Waals surface area contributed by atoms with Gasteiger partial charge in [0.2, 0.25) is 11.8 Å². The summed E-state index contributed by atoms with van der Waals surface area (Å²) in [5.74, 6) is -1.45. The minimum Gasteiger partial charge on any atom is -0.352 e. The van der Waals surface area contributed by atoms with E-state index in [4.69, 9.17) is 11.6 Å². The molecule has 0 aliphatic heterocycles. The molecule has 0 heterocycles. The van der Waals surface area contributed by atoms with Gasteiger partial charge in [0.1, 0.15) is 18.4 Å². The summed E-state index contributed by atoms with van der Waals surface area (Å²) in [6, 6.07) is 27.9. The van der Waals surface area contributed by atoms with Crippen molar-refractivity contribution in [1.82, 2.24) is 10.2 Å². The molecule has 4 rings (SSSR count). The molecule has 2 unspecified atom stereocenters. The van der Waals surface area contributed by atoms with Crippen LogP contribution in [0.25, 0.3) is 0 Å². The summed E-state index contributed by atoms with van der Waals surface area (Å²) >= 11 is 6.48. The molecule has 0 aliphatic carbocycles. The van der Waals surface area contributed by atoms with E-state index >= 15 is 0 Å². The van der Waals surface area contributed by atoms with Crippen LogP contribution >= 0.6 is 11.6 Å². The van der Waals surface area contributed by atoms with Gasteiger partial charge in [0.05, 0.1) is 15.6 Å². The van der Waals surface area contributed by atoms with Crippen LogP contribution in [0.4, 0.5) is 10.1 Å². The third kappa shape index (κ3) is 8.24. The first kappa shape index (κ1) is 32.7. The first-order chi connectivity index (χ1) is 21.1. The van der Waals surface area contributed by atoms with Crippen molar-refractivity contribution in [1.29, 1.82) is 0 Å². The number of hydrogen-bond acceptors (Lipinski definition) is 4. The molecule has 0 aliphatic rings. The van der Waals surface area contributed by atoms with Gasteiger partial charge in [-0.3, -0.25) is 13.9 Å². The molecule has 230 valence electrons. The number of nitrogens with one attached hydrogen (secondary N) is 1. The topological polar surface area (TPSA) is 86.8 Å². The van der Waals surface area contributed by atoms with Crippen molar-refractivity contribution in [3.8, 4) is 0 Å². The minimum absolute atomic E-state index is 0.0202. The molecule has 1 N–H and O–H groups in total. The van der Waals surface area contributed by atoms with Gasteiger partial charge in [0.15, 0.2) is 0 Å². The predicted molar refractivity (Wildman–Crippen MR) is 171 cm³/mol. The van der Waals surface area contributed by atoms with E-state index in [2.05, 4.69) is 5.32 Å². The molecule has 4 aromatic rings. The van der Waals surface area contributed by atoms with E-state index in [9.17, 15) is 22.4 Å². The number of rotatable bonds is 13. The van der Waals surface area contributed by atoms with Crippen molar-refractivity contribution in [2.24, 2.45) is 0 Å². The number of anilines is 1. The number of carbonyl (C=O) groups is 2. The van der Waals surface area contributed by atoms with Gasteiger partial charge in [-0.15, -0.1) is 0 Å². The van der Waals surface area contributed by atoms with Gasteiger partial charge in [-0.05, 0) is 60.9 Å². The van der Waals surface area contributed by atoms with Gasteiger partial charge in [-0.1, -0.05) is 91.3 Å². The number of sulfonamides is 1. The number of amides is 2. The Morgan fingerprint density at radius 1 is 0.841 bits per heavy atom. The van der Waals surface area contributed by atoms with Crippen LogP contribution in [0.15, 0.2) is 114 Å². The molecule has 0 radical (unpaired) electrons. The highest BCUT2D eigenvalue weighted by molar-refractivity contribution is 7.92. The Balaban J connectivity index is 1.81. The van der Waals surface area contributed by atoms with E-state index in [0.29, 0.717) is 12.0 Å². The molecule has 0 spiro atoms. The van der Waals surface area contributed by atoms with Crippen LogP contribution in [0.1, 0.15) is 31.4 Å². The third-order valence-corrected chi connectivity index (χ3v) is 9.36. The second-order valence-corrected chi connectivity index (χ2v) is 12.7. The molecule has 7 nitrogen and oxygen atoms in total. The van der Waals surface area contributed by atoms with Crippen molar-refractivity contribution in [3.63, 3.8) is 0 Å². The molecule has 0 saturated carbocycles. The van der Waals surface area contributed by atoms with Gasteiger partial charge >= 0.3 is 0 Å². The Kier molecular flexibility index (Phi) is 11.1. The quantitative estimate of drug-likeness (QED) is 0.189. The van der Waals surface area contributed by atoms with Crippen molar-refractivity contribution in [3.05, 3.63) is 131 Å². The second kappa shape index (κ2) is 15.0. The van der Waals surface area contributed by atoms with Gasteiger partial charge in [0, 0.05) is 19.0 Å². The zero-order valence-electron chi connectivity index (χ0n) is 24.6. The smallest absolute Gasteiger partial charge is 0.264 e. The Morgan fingerprint density at radius 2 is 1.43 bits per heavy atom. The summed E-state index contributed by atoms with van der Waals surface area (Å²) in [6.45, 7) is 3.11. The lowest BCUT2D eigenvalue weighted by Gasteiger charge is -2.34. The zero-order valence-corrected chi connectivity index (χ0v) is 26.1. The highest BCUT2D eigenvalue weighted by atomic mass is 35.5. The maximum Gasteiger partial charge on any atom is 0.264 e. The summed E-state index contributed by atoms with van der Waals surface area (Å²) in [6.07, 6.45) is 0.846. The fraction of sp³-hybridized carbons (Fsp3) is 0.235. The Labute approximate surface area is 263 Å². The third-order valence-electron chi connectivity index (χ3n) is 7.27. The van der Waals surface area contributed by atoms with E-state index in [-0.39, 0.29) is 40.5 Å². The van der Waals surface area contributed by atoms with Crippen molar-refractivity contribution in [2.45, 2.75) is 50.2 Å². The van der Waals surface area contributed by atoms with E-state index in [1.165, 1.54) is 47.4 Å². The van der Waals surface area contributed by atoms with Gasteiger partial charge in [-0.25, -0.2) is 12.8 Å². The van der Waals surface area contributed by atoms with Gasteiger partial charge in [0.25, 0.3) is 10.0 Å². The average Bonchev–Trinajstić information content (AvgIpc) is 3.03. The van der Waals surface area contributed by atoms with Crippen LogP contribution in [0, 0.1) is 5.82 Å². The van der Waals surface area contributed by atoms with E-state index in [0.717, 1.165) is 9.87 Å². The average molecular weight is 636 g/mol. The summed E-state index contributed by atoms with van der Waals surface area (Å²) in [5.41, 5.74) is 1.51. The van der Waals surface area contributed by atoms with Gasteiger partial charge in [-0.2, -0.15) is 0 Å². The van der Waals surface area contributed by atoms with Crippen LogP contribution in [-0.2, 0) is 32.6 Å². The summed E-state index contributed by atoms with van der Waals surface area (Å²) in [4.78, 5) is 29.6. The maximum atomic E-state index is 14.4. The Morgan fingerprint density at radius 3 is 2.05 bits per heavy atom. The minimum atomic E-state index is -4.26. The molecule has 0 bridgehead atoms.